The van der Waals surface area contributed by atoms with Gasteiger partial charge in [0.25, 0.3) is 0 Å². The number of amides is 1. The molecule has 0 bridgehead atoms. The molecule has 0 radical (unpaired) electrons. The van der Waals surface area contributed by atoms with Gasteiger partial charge in [-0.25, -0.2) is 9.78 Å². The Morgan fingerprint density at radius 3 is 2.47 bits per heavy atom. The maximum Gasteiger partial charge on any atom is 0.410 e. The topological polar surface area (TPSA) is 149 Å². The number of piperidine rings is 1. The molecule has 13 nitrogen and oxygen atoms in total. The number of nitrogens with zero attached hydrogens (tertiary/aromatic N) is 6. The average molecular weight is 694 g/mol. The van der Waals surface area contributed by atoms with Crippen LogP contribution in [-0.4, -0.2) is 101 Å². The van der Waals surface area contributed by atoms with Crippen LogP contribution in [0.5, 0.6) is 11.6 Å². The first-order chi connectivity index (χ1) is 24.9. The minimum Gasteiger partial charge on any atom is -0.507 e. The second-order valence-electron chi connectivity index (χ2n) is 13.9. The number of para-hydroxylation sites is 1. The first-order valence-electron chi connectivity index (χ1n) is 17.7. The number of aromatic nitrogens is 3. The van der Waals surface area contributed by atoms with Gasteiger partial charge in [-0.05, 0) is 42.7 Å². The zero-order valence-corrected chi connectivity index (χ0v) is 28.5. The van der Waals surface area contributed by atoms with E-state index in [0.717, 1.165) is 49.2 Å². The monoisotopic (exact) mass is 693 g/mol. The number of piperazine rings is 1. The van der Waals surface area contributed by atoms with E-state index in [1.54, 1.807) is 23.2 Å². The minimum absolute atomic E-state index is 0.0454. The van der Waals surface area contributed by atoms with Gasteiger partial charge in [-0.1, -0.05) is 42.5 Å². The fourth-order valence-corrected chi connectivity index (χ4v) is 7.42. The summed E-state index contributed by atoms with van der Waals surface area (Å²) in [6, 6.07) is 22.8. The molecule has 3 saturated heterocycles. The van der Waals surface area contributed by atoms with Crippen molar-refractivity contribution in [1.82, 2.24) is 20.1 Å². The maximum atomic E-state index is 12.5. The molecular formula is C38H43N7O6. The lowest BCUT2D eigenvalue weighted by Gasteiger charge is -2.56. The summed E-state index contributed by atoms with van der Waals surface area (Å²) in [6.45, 7) is 4.87. The van der Waals surface area contributed by atoms with Crippen molar-refractivity contribution < 1.29 is 28.8 Å². The Labute approximate surface area is 296 Å². The Bertz CT molecular complexity index is 1830. The SMILES string of the molecule is Nc1nnc(-c2ccccc2O)cc1N1CCN(c2ccnc(OC3CC(OC4CCN(C(=O)OCc5ccccc5)CC4)C3)c2)C2(COC2)C1. The molecule has 0 atom stereocenters. The van der Waals surface area contributed by atoms with E-state index in [-0.39, 0.29) is 42.3 Å². The van der Waals surface area contributed by atoms with Crippen LogP contribution >= 0.6 is 0 Å². The number of likely N-dealkylation sites (tertiary alicyclic amines) is 1. The van der Waals surface area contributed by atoms with Gasteiger partial charge in [-0.2, -0.15) is 0 Å². The fourth-order valence-electron chi connectivity index (χ4n) is 7.42. The molecule has 8 rings (SSSR count). The second-order valence-corrected chi connectivity index (χ2v) is 13.9. The minimum atomic E-state index is -0.267. The van der Waals surface area contributed by atoms with E-state index in [2.05, 4.69) is 25.0 Å². The van der Waals surface area contributed by atoms with E-state index in [4.69, 9.17) is 24.7 Å². The predicted octanol–water partition coefficient (Wildman–Crippen LogP) is 4.65. The molecule has 51 heavy (non-hydrogen) atoms. The van der Waals surface area contributed by atoms with Gasteiger partial charge in [0.2, 0.25) is 5.88 Å². The number of hydrogen-bond donors (Lipinski definition) is 2. The molecule has 3 N–H and O–H groups in total. The largest absolute Gasteiger partial charge is 0.507 e. The molecule has 3 aliphatic heterocycles. The molecule has 5 heterocycles. The number of nitrogen functional groups attached to an aromatic ring is 1. The Morgan fingerprint density at radius 1 is 0.922 bits per heavy atom. The molecule has 1 amide bonds. The Morgan fingerprint density at radius 2 is 1.71 bits per heavy atom. The van der Waals surface area contributed by atoms with Gasteiger partial charge in [0.15, 0.2) is 5.82 Å². The summed E-state index contributed by atoms with van der Waals surface area (Å²) >= 11 is 0. The number of carbonyl (C=O) groups is 1. The van der Waals surface area contributed by atoms with Crippen LogP contribution in [0.4, 0.5) is 22.0 Å². The molecule has 2 aromatic carbocycles. The average Bonchev–Trinajstić information content (AvgIpc) is 3.13. The van der Waals surface area contributed by atoms with Crippen LogP contribution in [0.3, 0.4) is 0 Å². The number of phenolic OH excluding ortho intramolecular Hbond substituents is 1. The third kappa shape index (κ3) is 7.08. The zero-order chi connectivity index (χ0) is 34.8. The highest BCUT2D eigenvalue weighted by atomic mass is 16.6. The van der Waals surface area contributed by atoms with E-state index in [0.29, 0.717) is 62.3 Å². The van der Waals surface area contributed by atoms with Crippen LogP contribution in [0.1, 0.15) is 31.2 Å². The van der Waals surface area contributed by atoms with Crippen molar-refractivity contribution in [2.24, 2.45) is 0 Å². The Kier molecular flexibility index (Phi) is 9.22. The van der Waals surface area contributed by atoms with Crippen molar-refractivity contribution in [2.45, 2.75) is 56.1 Å². The van der Waals surface area contributed by atoms with Crippen molar-refractivity contribution in [2.75, 3.05) is 61.5 Å². The van der Waals surface area contributed by atoms with Gasteiger partial charge >= 0.3 is 6.09 Å². The summed E-state index contributed by atoms with van der Waals surface area (Å²) in [5, 5.41) is 18.9. The molecule has 4 fully saturated rings. The number of hydrogen-bond acceptors (Lipinski definition) is 12. The normalized spacial score (nSPS) is 21.5. The van der Waals surface area contributed by atoms with E-state index >= 15 is 0 Å². The number of rotatable bonds is 9. The quantitative estimate of drug-likeness (QED) is 0.251. The number of nitrogens with two attached hydrogens (primary N) is 1. The molecule has 4 aromatic rings. The smallest absolute Gasteiger partial charge is 0.410 e. The van der Waals surface area contributed by atoms with Crippen molar-refractivity contribution in [3.63, 3.8) is 0 Å². The number of benzene rings is 2. The highest BCUT2D eigenvalue weighted by molar-refractivity contribution is 5.74. The lowest BCUT2D eigenvalue weighted by atomic mass is 9.90. The molecule has 13 heteroatoms. The molecule has 4 aliphatic rings. The summed E-state index contributed by atoms with van der Waals surface area (Å²) < 4.78 is 24.0. The van der Waals surface area contributed by atoms with Gasteiger partial charge in [-0.15, -0.1) is 10.2 Å². The van der Waals surface area contributed by atoms with Crippen molar-refractivity contribution in [3.8, 4) is 22.9 Å². The van der Waals surface area contributed by atoms with E-state index in [1.165, 1.54) is 0 Å². The summed E-state index contributed by atoms with van der Waals surface area (Å²) in [5.74, 6) is 1.10. The number of pyridine rings is 1. The fraction of sp³-hybridized carbons (Fsp3) is 0.421. The van der Waals surface area contributed by atoms with Crippen LogP contribution in [0.15, 0.2) is 79.0 Å². The second kappa shape index (κ2) is 14.2. The molecule has 266 valence electrons. The highest BCUT2D eigenvalue weighted by Crippen LogP contribution is 2.39. The van der Waals surface area contributed by atoms with Crippen molar-refractivity contribution in [1.29, 1.82) is 0 Å². The molecule has 1 saturated carbocycles. The lowest BCUT2D eigenvalue weighted by Crippen LogP contribution is -2.72. The van der Waals surface area contributed by atoms with E-state index < -0.39 is 0 Å². The van der Waals surface area contributed by atoms with Gasteiger partial charge in [0, 0.05) is 69.1 Å². The Balaban J connectivity index is 0.826. The number of aromatic hydroxyl groups is 1. The van der Waals surface area contributed by atoms with Crippen molar-refractivity contribution >= 4 is 23.3 Å². The zero-order valence-electron chi connectivity index (χ0n) is 28.5. The summed E-state index contributed by atoms with van der Waals surface area (Å²) in [6.07, 6.45) is 5.08. The van der Waals surface area contributed by atoms with Crippen LogP contribution in [0.2, 0.25) is 0 Å². The summed E-state index contributed by atoms with van der Waals surface area (Å²) in [5.41, 5.74) is 10.1. The van der Waals surface area contributed by atoms with Crippen LogP contribution in [0, 0.1) is 0 Å². The van der Waals surface area contributed by atoms with Gasteiger partial charge in [0.05, 0.1) is 36.8 Å². The predicted molar refractivity (Wildman–Crippen MR) is 191 cm³/mol. The van der Waals surface area contributed by atoms with Gasteiger partial charge in [-0.3, -0.25) is 0 Å². The molecule has 1 aliphatic carbocycles. The summed E-state index contributed by atoms with van der Waals surface area (Å²) in [4.78, 5) is 23.5. The van der Waals surface area contributed by atoms with Crippen LogP contribution in [0.25, 0.3) is 11.3 Å². The third-order valence-electron chi connectivity index (χ3n) is 10.4. The Hall–Kier alpha value is -5.14. The molecule has 1 spiro atoms. The standard InChI is InChI=1S/C38H43N7O6/c39-36-33(21-32(41-42-36)31-8-4-5-9-34(31)46)44-16-17-45(38(23-44)24-48-25-38)27-10-13-40-35(18-27)51-30-19-29(20-30)50-28-11-14-43(15-12-28)37(47)49-22-26-6-2-1-3-7-26/h1-10,13,18,21,28-30,46H,11-12,14-17,19-20,22-25H2,(H2,39,42). The number of phenols is 1. The number of ether oxygens (including phenoxy) is 4. The van der Waals surface area contributed by atoms with Crippen molar-refractivity contribution in [3.05, 3.63) is 84.6 Å². The molecule has 0 unspecified atom stereocenters. The molecular weight excluding hydrogens is 650 g/mol. The first kappa shape index (κ1) is 33.0. The maximum absolute atomic E-state index is 12.5. The number of carbonyl (C=O) groups excluding carboxylic acids is 1. The van der Waals surface area contributed by atoms with Gasteiger partial charge < -0.3 is 44.5 Å². The molecule has 2 aromatic heterocycles. The van der Waals surface area contributed by atoms with Crippen LogP contribution in [-0.2, 0) is 20.8 Å². The van der Waals surface area contributed by atoms with E-state index in [1.807, 2.05) is 60.7 Å². The van der Waals surface area contributed by atoms with Crippen LogP contribution < -0.4 is 20.3 Å². The summed E-state index contributed by atoms with van der Waals surface area (Å²) in [7, 11) is 0. The highest BCUT2D eigenvalue weighted by Gasteiger charge is 2.48. The first-order valence-corrected chi connectivity index (χ1v) is 17.7. The lowest BCUT2D eigenvalue weighted by molar-refractivity contribution is -0.109. The van der Waals surface area contributed by atoms with Gasteiger partial charge in [0.1, 0.15) is 24.0 Å². The van der Waals surface area contributed by atoms with E-state index in [9.17, 15) is 9.90 Å². The third-order valence-corrected chi connectivity index (χ3v) is 10.4. The number of anilines is 3.